The van der Waals surface area contributed by atoms with E-state index in [1.165, 1.54) is 10.9 Å². The Bertz CT molecular complexity index is 1020. The van der Waals surface area contributed by atoms with Gasteiger partial charge in [-0.1, -0.05) is 0 Å². The van der Waals surface area contributed by atoms with Crippen molar-refractivity contribution in [3.8, 4) is 17.1 Å². The van der Waals surface area contributed by atoms with Crippen LogP contribution in [-0.4, -0.2) is 27.8 Å². The minimum atomic E-state index is -0.422. The standard InChI is InChI=1S/C19H16N4O4/c1-25-14-8-6-13(7-9-14)17-21-19(20-12-15-4-2-10-26-15)23(22-17)18(24)16-5-3-11-27-16/h2-11H,12H2,1H3,(H,20,21,22). The molecule has 0 unspecified atom stereocenters. The predicted molar refractivity (Wildman–Crippen MR) is 96.5 cm³/mol. The van der Waals surface area contributed by atoms with Crippen molar-refractivity contribution in [2.45, 2.75) is 6.54 Å². The van der Waals surface area contributed by atoms with Crippen molar-refractivity contribution in [3.05, 3.63) is 72.6 Å². The molecular formula is C19H16N4O4. The first-order chi connectivity index (χ1) is 13.2. The molecule has 0 amide bonds. The molecule has 0 fully saturated rings. The van der Waals surface area contributed by atoms with E-state index >= 15 is 0 Å². The summed E-state index contributed by atoms with van der Waals surface area (Å²) in [4.78, 5) is 17.2. The zero-order valence-corrected chi connectivity index (χ0v) is 14.5. The van der Waals surface area contributed by atoms with Crippen molar-refractivity contribution in [3.63, 3.8) is 0 Å². The Morgan fingerprint density at radius 3 is 2.56 bits per heavy atom. The number of carbonyl (C=O) groups is 1. The summed E-state index contributed by atoms with van der Waals surface area (Å²) in [6.07, 6.45) is 3.02. The van der Waals surface area contributed by atoms with Gasteiger partial charge in [0.1, 0.15) is 11.5 Å². The zero-order valence-electron chi connectivity index (χ0n) is 14.5. The molecule has 136 valence electrons. The molecule has 0 saturated carbocycles. The molecule has 0 atom stereocenters. The Morgan fingerprint density at radius 1 is 1.11 bits per heavy atom. The number of aromatic nitrogens is 3. The van der Waals surface area contributed by atoms with E-state index in [4.69, 9.17) is 13.6 Å². The Hall–Kier alpha value is -3.81. The fraction of sp³-hybridized carbons (Fsp3) is 0.105. The van der Waals surface area contributed by atoms with Gasteiger partial charge in [-0.2, -0.15) is 9.67 Å². The first-order valence-corrected chi connectivity index (χ1v) is 8.20. The second-order valence-corrected chi connectivity index (χ2v) is 5.61. The van der Waals surface area contributed by atoms with Gasteiger partial charge in [0.15, 0.2) is 11.6 Å². The van der Waals surface area contributed by atoms with Crippen molar-refractivity contribution in [1.29, 1.82) is 0 Å². The molecule has 27 heavy (non-hydrogen) atoms. The zero-order chi connectivity index (χ0) is 18.6. The fourth-order valence-electron chi connectivity index (χ4n) is 2.51. The first-order valence-electron chi connectivity index (χ1n) is 8.20. The molecule has 4 rings (SSSR count). The maximum Gasteiger partial charge on any atom is 0.317 e. The summed E-state index contributed by atoms with van der Waals surface area (Å²) in [6, 6.07) is 14.1. The van der Waals surface area contributed by atoms with Gasteiger partial charge >= 0.3 is 5.91 Å². The lowest BCUT2D eigenvalue weighted by Gasteiger charge is -2.04. The molecule has 1 aromatic carbocycles. The SMILES string of the molecule is COc1ccc(-c2nc(NCc3ccco3)n(C(=O)c3ccco3)n2)cc1. The van der Waals surface area contributed by atoms with E-state index in [9.17, 15) is 4.79 Å². The molecule has 1 N–H and O–H groups in total. The number of ether oxygens (including phenoxy) is 1. The fourth-order valence-corrected chi connectivity index (χ4v) is 2.51. The number of hydrogen-bond acceptors (Lipinski definition) is 7. The van der Waals surface area contributed by atoms with Crippen LogP contribution in [-0.2, 0) is 6.54 Å². The summed E-state index contributed by atoms with van der Waals surface area (Å²) in [5.41, 5.74) is 0.753. The van der Waals surface area contributed by atoms with E-state index in [2.05, 4.69) is 15.4 Å². The number of methoxy groups -OCH3 is 1. The number of carbonyl (C=O) groups excluding carboxylic acids is 1. The highest BCUT2D eigenvalue weighted by molar-refractivity contribution is 5.94. The van der Waals surface area contributed by atoms with Gasteiger partial charge < -0.3 is 18.9 Å². The van der Waals surface area contributed by atoms with Crippen LogP contribution in [0, 0.1) is 0 Å². The Balaban J connectivity index is 1.68. The number of hydrogen-bond donors (Lipinski definition) is 1. The topological polar surface area (TPSA) is 95.3 Å². The molecule has 4 aromatic rings. The first kappa shape index (κ1) is 16.6. The lowest BCUT2D eigenvalue weighted by atomic mass is 10.2. The highest BCUT2D eigenvalue weighted by atomic mass is 16.5. The monoisotopic (exact) mass is 364 g/mol. The predicted octanol–water partition coefficient (Wildman–Crippen LogP) is 3.44. The molecule has 0 aliphatic carbocycles. The maximum atomic E-state index is 12.7. The van der Waals surface area contributed by atoms with Crippen LogP contribution < -0.4 is 10.1 Å². The highest BCUT2D eigenvalue weighted by Gasteiger charge is 2.20. The minimum absolute atomic E-state index is 0.169. The summed E-state index contributed by atoms with van der Waals surface area (Å²) in [7, 11) is 1.60. The summed E-state index contributed by atoms with van der Waals surface area (Å²) in [5, 5.41) is 7.43. The number of nitrogens with zero attached hydrogens (tertiary/aromatic N) is 3. The smallest absolute Gasteiger partial charge is 0.317 e. The third-order valence-corrected chi connectivity index (χ3v) is 3.88. The molecule has 3 aromatic heterocycles. The lowest BCUT2D eigenvalue weighted by molar-refractivity contribution is 0.0919. The van der Waals surface area contributed by atoms with Crippen LogP contribution in [0.4, 0.5) is 5.95 Å². The Kier molecular flexibility index (Phi) is 4.44. The van der Waals surface area contributed by atoms with Crippen LogP contribution in [0.1, 0.15) is 16.3 Å². The summed E-state index contributed by atoms with van der Waals surface area (Å²) in [6.45, 7) is 0.360. The number of furan rings is 2. The lowest BCUT2D eigenvalue weighted by Crippen LogP contribution is -2.17. The van der Waals surface area contributed by atoms with Gasteiger partial charge in [-0.25, -0.2) is 0 Å². The molecule has 0 spiro atoms. The number of anilines is 1. The van der Waals surface area contributed by atoms with E-state index in [0.29, 0.717) is 24.1 Å². The Morgan fingerprint density at radius 2 is 1.89 bits per heavy atom. The quantitative estimate of drug-likeness (QED) is 0.560. The van der Waals surface area contributed by atoms with Crippen molar-refractivity contribution in [1.82, 2.24) is 14.8 Å². The number of nitrogens with one attached hydrogen (secondary N) is 1. The molecule has 8 nitrogen and oxygen atoms in total. The van der Waals surface area contributed by atoms with Crippen molar-refractivity contribution in [2.24, 2.45) is 0 Å². The highest BCUT2D eigenvalue weighted by Crippen LogP contribution is 2.22. The van der Waals surface area contributed by atoms with Crippen LogP contribution in [0.15, 0.2) is 69.9 Å². The van der Waals surface area contributed by atoms with Crippen molar-refractivity contribution in [2.75, 3.05) is 12.4 Å². The van der Waals surface area contributed by atoms with Crippen molar-refractivity contribution < 1.29 is 18.4 Å². The van der Waals surface area contributed by atoms with Gasteiger partial charge in [0, 0.05) is 5.56 Å². The van der Waals surface area contributed by atoms with Gasteiger partial charge in [0.2, 0.25) is 5.95 Å². The van der Waals surface area contributed by atoms with Crippen LogP contribution in [0.25, 0.3) is 11.4 Å². The van der Waals surface area contributed by atoms with Gasteiger partial charge in [0.25, 0.3) is 0 Å². The van der Waals surface area contributed by atoms with Crippen LogP contribution in [0.3, 0.4) is 0 Å². The van der Waals surface area contributed by atoms with Crippen molar-refractivity contribution >= 4 is 11.9 Å². The summed E-state index contributed by atoms with van der Waals surface area (Å²) >= 11 is 0. The van der Waals surface area contributed by atoms with Gasteiger partial charge in [-0.05, 0) is 48.5 Å². The molecular weight excluding hydrogens is 348 g/mol. The van der Waals surface area contributed by atoms with Gasteiger partial charge in [-0.3, -0.25) is 4.79 Å². The van der Waals surface area contributed by atoms with E-state index < -0.39 is 5.91 Å². The van der Waals surface area contributed by atoms with Crippen LogP contribution in [0.5, 0.6) is 5.75 Å². The molecule has 0 aliphatic heterocycles. The average Bonchev–Trinajstić information content (AvgIpc) is 3.47. The van der Waals surface area contributed by atoms with Crippen LogP contribution in [0.2, 0.25) is 0 Å². The second-order valence-electron chi connectivity index (χ2n) is 5.61. The maximum absolute atomic E-state index is 12.7. The molecule has 0 bridgehead atoms. The molecule has 3 heterocycles. The van der Waals surface area contributed by atoms with Crippen LogP contribution >= 0.6 is 0 Å². The van der Waals surface area contributed by atoms with E-state index in [1.807, 2.05) is 18.2 Å². The summed E-state index contributed by atoms with van der Waals surface area (Å²) < 4.78 is 16.9. The third-order valence-electron chi connectivity index (χ3n) is 3.88. The molecule has 0 saturated heterocycles. The van der Waals surface area contributed by atoms with Gasteiger partial charge in [-0.15, -0.1) is 5.10 Å². The van der Waals surface area contributed by atoms with E-state index in [-0.39, 0.29) is 5.76 Å². The summed E-state index contributed by atoms with van der Waals surface area (Å²) in [5.74, 6) is 1.87. The molecule has 0 radical (unpaired) electrons. The third kappa shape index (κ3) is 3.45. The van der Waals surface area contributed by atoms with Gasteiger partial charge in [0.05, 0.1) is 26.2 Å². The minimum Gasteiger partial charge on any atom is -0.497 e. The Labute approximate surface area is 154 Å². The van der Waals surface area contributed by atoms with E-state index in [1.54, 1.807) is 43.7 Å². The number of benzene rings is 1. The number of rotatable bonds is 6. The molecule has 0 aliphatic rings. The normalized spacial score (nSPS) is 10.7. The van der Waals surface area contributed by atoms with E-state index in [0.717, 1.165) is 11.3 Å². The second kappa shape index (κ2) is 7.20. The molecule has 8 heteroatoms. The largest absolute Gasteiger partial charge is 0.497 e. The average molecular weight is 364 g/mol.